The molecule has 7 nitrogen and oxygen atoms in total. The summed E-state index contributed by atoms with van der Waals surface area (Å²) in [5, 5.41) is 10.7. The molecule has 0 radical (unpaired) electrons. The van der Waals surface area contributed by atoms with E-state index in [2.05, 4.69) is 40.0 Å². The molecule has 29 heavy (non-hydrogen) atoms. The Bertz CT molecular complexity index is 1020. The zero-order chi connectivity index (χ0) is 20.2. The standard InChI is InChI=1S/C22H24N4O3/c1-29-22(28)26-20-12-6-11-19(18(20)14-23-26)25-21(27)24-17-10-5-9-16(13-17)15-7-3-2-4-8-15/h2-4,6-8,11-12,14,16-17H,5,9-10,13H2,1H3,(H2,24,25,27)/t16-,17?/m0/s1. The number of anilines is 1. The summed E-state index contributed by atoms with van der Waals surface area (Å²) in [6.45, 7) is 0. The summed E-state index contributed by atoms with van der Waals surface area (Å²) < 4.78 is 5.90. The molecule has 0 aliphatic heterocycles. The van der Waals surface area contributed by atoms with Crippen LogP contribution in [0.25, 0.3) is 10.9 Å². The van der Waals surface area contributed by atoms with Crippen molar-refractivity contribution in [1.82, 2.24) is 15.1 Å². The van der Waals surface area contributed by atoms with Crippen LogP contribution in [0.1, 0.15) is 37.2 Å². The van der Waals surface area contributed by atoms with E-state index in [4.69, 9.17) is 4.74 Å². The lowest BCUT2D eigenvalue weighted by Gasteiger charge is -2.30. The molecule has 2 amide bonds. The van der Waals surface area contributed by atoms with Crippen LogP contribution in [0.4, 0.5) is 15.3 Å². The van der Waals surface area contributed by atoms with Gasteiger partial charge in [-0.1, -0.05) is 42.8 Å². The van der Waals surface area contributed by atoms with Gasteiger partial charge in [0.1, 0.15) is 0 Å². The maximum Gasteiger partial charge on any atom is 0.434 e. The van der Waals surface area contributed by atoms with Crippen molar-refractivity contribution in [3.8, 4) is 0 Å². The highest BCUT2D eigenvalue weighted by molar-refractivity contribution is 6.02. The van der Waals surface area contributed by atoms with Gasteiger partial charge in [0.05, 0.1) is 24.5 Å². The highest BCUT2D eigenvalue weighted by Crippen LogP contribution is 2.33. The van der Waals surface area contributed by atoms with Gasteiger partial charge < -0.3 is 15.4 Å². The van der Waals surface area contributed by atoms with Crippen LogP contribution in [0.3, 0.4) is 0 Å². The molecule has 1 aromatic heterocycles. The van der Waals surface area contributed by atoms with E-state index in [1.54, 1.807) is 24.4 Å². The minimum Gasteiger partial charge on any atom is -0.451 e. The van der Waals surface area contributed by atoms with Crippen molar-refractivity contribution < 1.29 is 14.3 Å². The molecule has 3 aromatic rings. The summed E-state index contributed by atoms with van der Waals surface area (Å²) in [5.41, 5.74) is 2.52. The van der Waals surface area contributed by atoms with Crippen LogP contribution in [0.2, 0.25) is 0 Å². The van der Waals surface area contributed by atoms with Gasteiger partial charge in [-0.3, -0.25) is 0 Å². The molecule has 1 unspecified atom stereocenters. The third-order valence-electron chi connectivity index (χ3n) is 5.49. The van der Waals surface area contributed by atoms with E-state index in [-0.39, 0.29) is 12.1 Å². The van der Waals surface area contributed by atoms with Crippen molar-refractivity contribution in [2.24, 2.45) is 0 Å². The molecule has 7 heteroatoms. The Balaban J connectivity index is 1.43. The van der Waals surface area contributed by atoms with Crippen LogP contribution in [-0.4, -0.2) is 35.1 Å². The number of ether oxygens (including phenoxy) is 1. The first kappa shape index (κ1) is 19.0. The molecule has 0 saturated heterocycles. The Labute approximate surface area is 169 Å². The third kappa shape index (κ3) is 4.08. The van der Waals surface area contributed by atoms with E-state index in [9.17, 15) is 9.59 Å². The van der Waals surface area contributed by atoms with Crippen molar-refractivity contribution in [3.05, 3.63) is 60.3 Å². The first-order valence-corrected chi connectivity index (χ1v) is 9.83. The number of carbonyl (C=O) groups excluding carboxylic acids is 2. The predicted molar refractivity (Wildman–Crippen MR) is 111 cm³/mol. The number of fused-ring (bicyclic) bond motifs is 1. The van der Waals surface area contributed by atoms with Crippen LogP contribution in [0.5, 0.6) is 0 Å². The first-order valence-electron chi connectivity index (χ1n) is 9.83. The van der Waals surface area contributed by atoms with E-state index in [0.29, 0.717) is 22.5 Å². The van der Waals surface area contributed by atoms with Crippen molar-refractivity contribution in [2.45, 2.75) is 37.6 Å². The van der Waals surface area contributed by atoms with Gasteiger partial charge in [0, 0.05) is 11.4 Å². The van der Waals surface area contributed by atoms with E-state index in [1.165, 1.54) is 17.4 Å². The minimum atomic E-state index is -0.573. The monoisotopic (exact) mass is 392 g/mol. The quantitative estimate of drug-likeness (QED) is 0.687. The minimum absolute atomic E-state index is 0.131. The van der Waals surface area contributed by atoms with Crippen LogP contribution < -0.4 is 10.6 Å². The molecule has 0 bridgehead atoms. The van der Waals surface area contributed by atoms with Crippen molar-refractivity contribution in [2.75, 3.05) is 12.4 Å². The Morgan fingerprint density at radius 2 is 1.93 bits per heavy atom. The second-order valence-corrected chi connectivity index (χ2v) is 7.33. The Kier molecular flexibility index (Phi) is 5.46. The topological polar surface area (TPSA) is 85.2 Å². The molecule has 1 fully saturated rings. The molecule has 1 heterocycles. The molecular formula is C22H24N4O3. The largest absolute Gasteiger partial charge is 0.451 e. The summed E-state index contributed by atoms with van der Waals surface area (Å²) in [6, 6.07) is 15.7. The number of amides is 2. The fourth-order valence-corrected chi connectivity index (χ4v) is 4.08. The van der Waals surface area contributed by atoms with Gasteiger partial charge in [-0.25, -0.2) is 9.59 Å². The summed E-state index contributed by atoms with van der Waals surface area (Å²) in [4.78, 5) is 24.4. The van der Waals surface area contributed by atoms with Gasteiger partial charge in [-0.2, -0.15) is 9.78 Å². The smallest absolute Gasteiger partial charge is 0.434 e. The molecule has 2 atom stereocenters. The number of hydrogen-bond donors (Lipinski definition) is 2. The van der Waals surface area contributed by atoms with Crippen molar-refractivity contribution >= 4 is 28.7 Å². The van der Waals surface area contributed by atoms with E-state index < -0.39 is 6.09 Å². The number of aromatic nitrogens is 2. The van der Waals surface area contributed by atoms with Crippen LogP contribution >= 0.6 is 0 Å². The Morgan fingerprint density at radius 1 is 1.10 bits per heavy atom. The van der Waals surface area contributed by atoms with Gasteiger partial charge in [-0.15, -0.1) is 0 Å². The Hall–Kier alpha value is -3.35. The van der Waals surface area contributed by atoms with Crippen LogP contribution in [-0.2, 0) is 4.74 Å². The summed E-state index contributed by atoms with van der Waals surface area (Å²) >= 11 is 0. The van der Waals surface area contributed by atoms with Crippen LogP contribution in [0, 0.1) is 0 Å². The van der Waals surface area contributed by atoms with Gasteiger partial charge >= 0.3 is 12.1 Å². The number of methoxy groups -OCH3 is 1. The highest BCUT2D eigenvalue weighted by atomic mass is 16.5. The lowest BCUT2D eigenvalue weighted by Crippen LogP contribution is -2.40. The normalized spacial score (nSPS) is 18.9. The average Bonchev–Trinajstić information content (AvgIpc) is 3.19. The molecule has 1 saturated carbocycles. The SMILES string of the molecule is COC(=O)n1ncc2c(NC(=O)NC3CCC[C@H](c4ccccc4)C3)cccc21. The maximum atomic E-state index is 12.6. The molecule has 1 aliphatic carbocycles. The van der Waals surface area contributed by atoms with Gasteiger partial charge in [-0.05, 0) is 42.9 Å². The predicted octanol–water partition coefficient (Wildman–Crippen LogP) is 4.50. The van der Waals surface area contributed by atoms with E-state index in [1.807, 2.05) is 6.07 Å². The average molecular weight is 392 g/mol. The number of carbonyl (C=O) groups is 2. The summed E-state index contributed by atoms with van der Waals surface area (Å²) in [6.07, 6.45) is 5.12. The van der Waals surface area contributed by atoms with Crippen molar-refractivity contribution in [1.29, 1.82) is 0 Å². The highest BCUT2D eigenvalue weighted by Gasteiger charge is 2.24. The summed E-state index contributed by atoms with van der Waals surface area (Å²) in [7, 11) is 1.30. The Morgan fingerprint density at radius 3 is 2.72 bits per heavy atom. The number of benzene rings is 2. The van der Waals surface area contributed by atoms with Gasteiger partial charge in [0.2, 0.25) is 0 Å². The molecule has 2 aromatic carbocycles. The lowest BCUT2D eigenvalue weighted by atomic mass is 9.81. The fourth-order valence-electron chi connectivity index (χ4n) is 4.08. The zero-order valence-corrected chi connectivity index (χ0v) is 16.3. The van der Waals surface area contributed by atoms with Crippen LogP contribution in [0.15, 0.2) is 54.7 Å². The molecule has 4 rings (SSSR count). The fraction of sp³-hybridized carbons (Fsp3) is 0.318. The summed E-state index contributed by atoms with van der Waals surface area (Å²) in [5.74, 6) is 0.469. The number of nitrogens with one attached hydrogen (secondary N) is 2. The van der Waals surface area contributed by atoms with E-state index in [0.717, 1.165) is 25.7 Å². The molecule has 2 N–H and O–H groups in total. The number of rotatable bonds is 3. The van der Waals surface area contributed by atoms with Crippen molar-refractivity contribution in [3.63, 3.8) is 0 Å². The molecule has 1 aliphatic rings. The number of urea groups is 1. The number of nitrogens with zero attached hydrogens (tertiary/aromatic N) is 2. The first-order chi connectivity index (χ1) is 14.2. The molecule has 150 valence electrons. The van der Waals surface area contributed by atoms with Gasteiger partial charge in [0.15, 0.2) is 0 Å². The second-order valence-electron chi connectivity index (χ2n) is 7.33. The second kappa shape index (κ2) is 8.34. The number of hydrogen-bond acceptors (Lipinski definition) is 4. The van der Waals surface area contributed by atoms with E-state index >= 15 is 0 Å². The molecular weight excluding hydrogens is 368 g/mol. The third-order valence-corrected chi connectivity index (χ3v) is 5.49. The maximum absolute atomic E-state index is 12.6. The van der Waals surface area contributed by atoms with Gasteiger partial charge in [0.25, 0.3) is 0 Å². The lowest BCUT2D eigenvalue weighted by molar-refractivity contribution is 0.170. The zero-order valence-electron chi connectivity index (χ0n) is 16.3. The molecule has 0 spiro atoms.